The second-order valence-corrected chi connectivity index (χ2v) is 35.2. The summed E-state index contributed by atoms with van der Waals surface area (Å²) >= 11 is 8.28. The molecule has 20 rings (SSSR count). The number of ketones is 4. The third-order valence-electron chi connectivity index (χ3n) is 21.0. The number of thiazole rings is 2. The van der Waals surface area contributed by atoms with Crippen LogP contribution in [0.4, 0.5) is 0 Å². The molecule has 0 amide bonds. The molecule has 8 heterocycles. The predicted molar refractivity (Wildman–Crippen MR) is 504 cm³/mol. The number of hydrogen-bond acceptors (Lipinski definition) is 26. The van der Waals surface area contributed by atoms with Gasteiger partial charge in [-0.25, -0.2) is 9.97 Å². The molecule has 20 nitrogen and oxygen atoms in total. The fourth-order valence-corrected chi connectivity index (χ4v) is 21.1. The highest BCUT2D eigenvalue weighted by Crippen LogP contribution is 2.48. The van der Waals surface area contributed by atoms with Crippen LogP contribution >= 0.6 is 68.0 Å². The summed E-state index contributed by atoms with van der Waals surface area (Å²) < 4.78 is 23.5. The van der Waals surface area contributed by atoms with Crippen molar-refractivity contribution in [2.24, 2.45) is 0 Å². The van der Waals surface area contributed by atoms with Crippen molar-refractivity contribution in [1.82, 2.24) is 19.9 Å². The Morgan fingerprint density at radius 3 is 0.898 bits per heavy atom. The molecule has 12 aromatic carbocycles. The van der Waals surface area contributed by atoms with E-state index in [0.717, 1.165) is 128 Å². The summed E-state index contributed by atoms with van der Waals surface area (Å²) in [5, 5.41) is 67.2. The number of aromatic hydroxyl groups is 6. The zero-order valence-corrected chi connectivity index (χ0v) is 72.8. The highest BCUT2D eigenvalue weighted by atomic mass is 32.1. The van der Waals surface area contributed by atoms with Crippen LogP contribution in [-0.2, 0) is 9.59 Å². The smallest absolute Gasteiger partial charge is 0.299 e. The van der Waals surface area contributed by atoms with Gasteiger partial charge >= 0.3 is 0 Å². The van der Waals surface area contributed by atoms with Gasteiger partial charge in [-0.2, -0.15) is 9.97 Å². The molecule has 0 aliphatic heterocycles. The minimum absolute atomic E-state index is 0.0128. The molecule has 0 atom stereocenters. The number of aromatic nitrogens is 4. The Morgan fingerprint density at radius 2 is 0.594 bits per heavy atom. The molecule has 0 unspecified atom stereocenters. The third-order valence-corrected chi connectivity index (χ3v) is 27.4. The first-order chi connectivity index (χ1) is 62.1. The van der Waals surface area contributed by atoms with Gasteiger partial charge in [-0.05, 0) is 169 Å². The maximum atomic E-state index is 13.6. The normalized spacial score (nSPS) is 11.0. The average Bonchev–Trinajstić information content (AvgIpc) is 1.63. The first-order valence-electron chi connectivity index (χ1n) is 39.4. The van der Waals surface area contributed by atoms with E-state index in [0.29, 0.717) is 71.1 Å². The van der Waals surface area contributed by atoms with Crippen LogP contribution in [0.5, 0.6) is 46.5 Å². The molecule has 8 aromatic heterocycles. The molecule has 0 aliphatic carbocycles. The molecular formula is C102H68N4O16S6. The molecule has 0 bridgehead atoms. The SMILES string of the molecule is Cc1ccccc1C(=O)c1sc2cc(O)ccc2c1-c1ccc(-c2nc(O)co2)cc1.Cc1ccccc1C(=O)c1sc2cc(O)ccc2c1-c1ccc(-c2nc(O)cs2)cc1.Cc1ccccc1C(=O)c1sc2cc(O)ccc2c1-c1ccc(-c2nc(OC=O)co2)cc1.Cc1ccccc1C(=O)c1sc2cc(O)ccc2c1-c1ccc(-c2nc(OC=O)cs2)cc1. The van der Waals surface area contributed by atoms with Crippen LogP contribution in [0.1, 0.15) is 83.2 Å². The minimum atomic E-state index is -0.172. The number of hydrogen-bond donors (Lipinski definition) is 6. The second kappa shape index (κ2) is 36.8. The highest BCUT2D eigenvalue weighted by Gasteiger charge is 2.29. The molecule has 6 N–H and O–H groups in total. The minimum Gasteiger partial charge on any atom is -0.508 e. The Kier molecular flexibility index (Phi) is 24.4. The number of oxazole rings is 2. The number of thiophene rings is 4. The molecular weight excluding hydrogens is 1730 g/mol. The van der Waals surface area contributed by atoms with E-state index in [1.807, 2.05) is 246 Å². The maximum Gasteiger partial charge on any atom is 0.299 e. The van der Waals surface area contributed by atoms with Crippen LogP contribution < -0.4 is 9.47 Å². The molecule has 0 saturated carbocycles. The van der Waals surface area contributed by atoms with Gasteiger partial charge in [0.2, 0.25) is 46.7 Å². The van der Waals surface area contributed by atoms with Crippen molar-refractivity contribution in [1.29, 1.82) is 0 Å². The largest absolute Gasteiger partial charge is 0.508 e. The summed E-state index contributed by atoms with van der Waals surface area (Å²) in [5.41, 5.74) is 16.4. The Labute approximate surface area is 753 Å². The summed E-state index contributed by atoms with van der Waals surface area (Å²) in [5.74, 6) is 1.31. The Bertz CT molecular complexity index is 7210. The van der Waals surface area contributed by atoms with E-state index in [2.05, 4.69) is 19.9 Å². The molecule has 0 saturated heterocycles. The number of phenols is 4. The van der Waals surface area contributed by atoms with Crippen molar-refractivity contribution < 1.29 is 77.7 Å². The predicted octanol–water partition coefficient (Wildman–Crippen LogP) is 25.3. The second-order valence-electron chi connectivity index (χ2n) is 29.3. The van der Waals surface area contributed by atoms with E-state index in [1.54, 1.807) is 59.3 Å². The van der Waals surface area contributed by atoms with Crippen LogP contribution in [0.3, 0.4) is 0 Å². The van der Waals surface area contributed by atoms with Crippen molar-refractivity contribution >= 4 is 144 Å². The van der Waals surface area contributed by atoms with E-state index < -0.39 is 0 Å². The molecule has 628 valence electrons. The lowest BCUT2D eigenvalue weighted by atomic mass is 9.96. The van der Waals surface area contributed by atoms with Crippen molar-refractivity contribution in [2.45, 2.75) is 27.7 Å². The van der Waals surface area contributed by atoms with Crippen molar-refractivity contribution in [2.75, 3.05) is 0 Å². The molecule has 0 spiro atoms. The topological polar surface area (TPSA) is 320 Å². The van der Waals surface area contributed by atoms with Crippen LogP contribution in [0.15, 0.2) is 299 Å². The summed E-state index contributed by atoms with van der Waals surface area (Å²) in [6.07, 6.45) is 2.44. The van der Waals surface area contributed by atoms with Gasteiger partial charge in [-0.1, -0.05) is 170 Å². The number of aryl methyl sites for hydroxylation is 4. The average molecular weight is 1800 g/mol. The number of rotatable bonds is 20. The van der Waals surface area contributed by atoms with Gasteiger partial charge < -0.3 is 48.9 Å². The Hall–Kier alpha value is -15.4. The standard InChI is InChI=1S/C26H17NO5S.C26H17NO4S2.C25H17NO4S.C25H17NO3S2/c1-15-4-2-3-5-19(15)24(30)25-23(20-11-10-18(29)12-21(20)33-25)16-6-8-17(9-7-16)26-27-22(13-31-26)32-14-28;1-15-4-2-3-5-19(15)24(30)25-23(20-11-10-18(29)12-21(20)33-25)16-6-8-17(9-7-16)26-27-22(13-32-26)31-14-28;2*1-14-4-2-3-5-18(14)23(29)24-22(19-11-10-17(27)12-20(19)31-24)15-6-8-16(9-7-15)25-26-21(28)13-30-25/h2*2-14,29H,1H3;2*2-13,27-28H,1H3. The number of ether oxygens (including phenoxy) is 2. The van der Waals surface area contributed by atoms with Crippen LogP contribution in [-0.4, -0.2) is 86.7 Å². The quantitative estimate of drug-likeness (QED) is 0.0305. The van der Waals surface area contributed by atoms with Gasteiger partial charge in [0.05, 0.1) is 30.3 Å². The van der Waals surface area contributed by atoms with Gasteiger partial charge in [-0.15, -0.1) is 68.0 Å². The molecule has 0 aliphatic rings. The molecule has 26 heteroatoms. The van der Waals surface area contributed by atoms with E-state index in [-0.39, 0.29) is 76.1 Å². The summed E-state index contributed by atoms with van der Waals surface area (Å²) in [6, 6.07) is 81.4. The monoisotopic (exact) mass is 1800 g/mol. The van der Waals surface area contributed by atoms with E-state index in [9.17, 15) is 59.4 Å². The number of nitrogens with zero attached hydrogens (tertiary/aromatic N) is 4. The van der Waals surface area contributed by atoms with Gasteiger partial charge in [0, 0.05) is 107 Å². The number of fused-ring (bicyclic) bond motifs is 4. The lowest BCUT2D eigenvalue weighted by molar-refractivity contribution is -0.121. The van der Waals surface area contributed by atoms with Gasteiger partial charge in [-0.3, -0.25) is 28.8 Å². The lowest BCUT2D eigenvalue weighted by Crippen LogP contribution is -2.02. The van der Waals surface area contributed by atoms with Crippen LogP contribution in [0.25, 0.3) is 129 Å². The van der Waals surface area contributed by atoms with E-state index in [4.69, 9.17) is 18.3 Å². The van der Waals surface area contributed by atoms with Crippen molar-refractivity contribution in [3.8, 4) is 135 Å². The van der Waals surface area contributed by atoms with Crippen molar-refractivity contribution in [3.63, 3.8) is 0 Å². The van der Waals surface area contributed by atoms with Crippen LogP contribution in [0.2, 0.25) is 0 Å². The fraction of sp³-hybridized carbons (Fsp3) is 0.0392. The Morgan fingerprint density at radius 1 is 0.305 bits per heavy atom. The van der Waals surface area contributed by atoms with Gasteiger partial charge in [0.15, 0.2) is 12.5 Å². The molecule has 20 aromatic rings. The first kappa shape index (κ1) is 84.8. The number of benzene rings is 12. The van der Waals surface area contributed by atoms with E-state index >= 15 is 0 Å². The summed E-state index contributed by atoms with van der Waals surface area (Å²) in [6.45, 7) is 8.35. The molecule has 0 fully saturated rings. The first-order valence-corrected chi connectivity index (χ1v) is 44.4. The number of phenolic OH excluding ortho intramolecular Hbond substituents is 4. The van der Waals surface area contributed by atoms with Crippen molar-refractivity contribution in [3.05, 3.63) is 354 Å². The van der Waals surface area contributed by atoms with E-state index in [1.165, 1.54) is 80.5 Å². The lowest BCUT2D eigenvalue weighted by Gasteiger charge is -2.08. The third kappa shape index (κ3) is 17.6. The number of carbonyl (C=O) groups is 6. The summed E-state index contributed by atoms with van der Waals surface area (Å²) in [4.78, 5) is 94.1. The molecule has 0 radical (unpaired) electrons. The summed E-state index contributed by atoms with van der Waals surface area (Å²) in [7, 11) is 0. The van der Waals surface area contributed by atoms with Gasteiger partial charge in [0.25, 0.3) is 24.7 Å². The fourth-order valence-electron chi connectivity index (χ4n) is 14.8. The Balaban J connectivity index is 0.000000120. The van der Waals surface area contributed by atoms with Gasteiger partial charge in [0.1, 0.15) is 33.0 Å². The molecule has 128 heavy (non-hydrogen) atoms. The maximum absolute atomic E-state index is 13.6. The zero-order valence-electron chi connectivity index (χ0n) is 67.9. The zero-order chi connectivity index (χ0) is 89.0. The number of carbonyl (C=O) groups excluding carboxylic acids is 6. The van der Waals surface area contributed by atoms with Crippen LogP contribution in [0, 0.1) is 27.7 Å². The highest BCUT2D eigenvalue weighted by molar-refractivity contribution is 7.23.